The van der Waals surface area contributed by atoms with Crippen molar-refractivity contribution in [3.63, 3.8) is 0 Å². The van der Waals surface area contributed by atoms with Crippen LogP contribution in [0.25, 0.3) is 132 Å². The Hall–Kier alpha value is -11.6. The number of fused-ring (bicyclic) bond motifs is 12. The molecular weight excluding hydrogens is 1400 g/mol. The van der Waals surface area contributed by atoms with Crippen molar-refractivity contribution in [1.29, 1.82) is 10.5 Å². The average molecular weight is 1490 g/mol. The van der Waals surface area contributed by atoms with E-state index in [2.05, 4.69) is 272 Å². The molecule has 0 saturated carbocycles. The highest BCUT2D eigenvalue weighted by Crippen LogP contribution is 2.51. The fourth-order valence-corrected chi connectivity index (χ4v) is 17.2. The van der Waals surface area contributed by atoms with Gasteiger partial charge in [-0.1, -0.05) is 227 Å². The molecule has 0 aliphatic heterocycles. The Morgan fingerprint density at radius 3 is 0.884 bits per heavy atom. The summed E-state index contributed by atoms with van der Waals surface area (Å²) >= 11 is 0. The second-order valence-electron chi connectivity index (χ2n) is 36.4. The Morgan fingerprint density at radius 2 is 0.545 bits per heavy atom. The van der Waals surface area contributed by atoms with E-state index in [1.54, 1.807) is 30.3 Å². The number of alkyl halides is 6. The van der Waals surface area contributed by atoms with Gasteiger partial charge in [0, 0.05) is 54.2 Å². The summed E-state index contributed by atoms with van der Waals surface area (Å²) in [6.45, 7) is 37.0. The summed E-state index contributed by atoms with van der Waals surface area (Å²) in [6, 6.07) is 76.5. The Morgan fingerprint density at radius 1 is 0.268 bits per heavy atom. The fraction of sp³-hybridized carbons (Fsp3) is 0.260. The Kier molecular flexibility index (Phi) is 17.1. The van der Waals surface area contributed by atoms with Crippen molar-refractivity contribution in [2.75, 3.05) is 0 Å². The van der Waals surface area contributed by atoms with E-state index in [4.69, 9.17) is 0 Å². The molecule has 16 aromatic rings. The molecule has 6 nitrogen and oxygen atoms in total. The molecule has 16 rings (SSSR count). The van der Waals surface area contributed by atoms with Crippen molar-refractivity contribution in [2.45, 2.75) is 169 Å². The summed E-state index contributed by atoms with van der Waals surface area (Å²) in [4.78, 5) is 0. The largest absolute Gasteiger partial charge is 0.417 e. The lowest BCUT2D eigenvalue weighted by atomic mass is 9.78. The Balaban J connectivity index is 0.901. The highest BCUT2D eigenvalue weighted by atomic mass is 19.4. The first-order valence-electron chi connectivity index (χ1n) is 38.4. The van der Waals surface area contributed by atoms with E-state index in [1.807, 2.05) is 33.4 Å². The van der Waals surface area contributed by atoms with Gasteiger partial charge in [0.05, 0.1) is 78.0 Å². The first kappa shape index (κ1) is 74.5. The molecule has 0 unspecified atom stereocenters. The van der Waals surface area contributed by atoms with Gasteiger partial charge in [-0.25, -0.2) is 0 Å². The number of aromatic nitrogens is 4. The number of nitrogens with zero attached hydrogens (tertiary/aromatic N) is 6. The van der Waals surface area contributed by atoms with Gasteiger partial charge in [-0.05, 0) is 204 Å². The molecule has 562 valence electrons. The normalized spacial score (nSPS) is 13.2. The van der Waals surface area contributed by atoms with Gasteiger partial charge in [0.25, 0.3) is 0 Å². The fourth-order valence-electron chi connectivity index (χ4n) is 17.2. The second kappa shape index (κ2) is 25.7. The standard InChI is InChI=1S/C100H90F6N6/c1-93(2,3)59-31-40-82-71(49-59)67-26-20-23-29-81(67)109(82)89-46-37-68(65-24-18-21-27-79(65)99(101,102)103)91(77(89)56-107)111-85-39-30-58(48-70(85)72-50-61(95(7,8)9)33-42-86(72)111)55-98(16,17)64-36-45-84-76(54-64)73-51-60(94(4,5)6)32-41-83(73)110(84)90-47-38-69(66-25-19-22-28-80(66)100(104,105)106)92(78(90)57-108)112-87-43-34-62(96(10,11)12)52-74(87)75-53-63(97(13,14)15)35-44-88(75)112/h18-54H,55H2,1-17H3. The van der Waals surface area contributed by atoms with E-state index in [0.29, 0.717) is 34.7 Å². The number of rotatable bonds is 9. The van der Waals surface area contributed by atoms with Crippen LogP contribution in [0, 0.1) is 22.7 Å². The maximum Gasteiger partial charge on any atom is 0.417 e. The maximum absolute atomic E-state index is 15.6. The highest BCUT2D eigenvalue weighted by Gasteiger charge is 2.39. The van der Waals surface area contributed by atoms with Crippen LogP contribution in [0.15, 0.2) is 224 Å². The van der Waals surface area contributed by atoms with Crippen LogP contribution in [0.5, 0.6) is 0 Å². The zero-order valence-electron chi connectivity index (χ0n) is 66.5. The van der Waals surface area contributed by atoms with Gasteiger partial charge >= 0.3 is 12.4 Å². The third kappa shape index (κ3) is 12.3. The third-order valence-electron chi connectivity index (χ3n) is 23.3. The molecule has 4 heterocycles. The van der Waals surface area contributed by atoms with Gasteiger partial charge in [-0.15, -0.1) is 0 Å². The van der Waals surface area contributed by atoms with Gasteiger partial charge in [-0.3, -0.25) is 0 Å². The molecule has 0 atom stereocenters. The predicted octanol–water partition coefficient (Wildman–Crippen LogP) is 28.2. The molecule has 12 heteroatoms. The van der Waals surface area contributed by atoms with Crippen LogP contribution in [-0.2, 0) is 51.3 Å². The van der Waals surface area contributed by atoms with Crippen molar-refractivity contribution in [2.24, 2.45) is 0 Å². The predicted molar refractivity (Wildman–Crippen MR) is 451 cm³/mol. The number of halogens is 6. The van der Waals surface area contributed by atoms with Crippen molar-refractivity contribution in [1.82, 2.24) is 18.3 Å². The lowest BCUT2D eigenvalue weighted by Gasteiger charge is -2.26. The summed E-state index contributed by atoms with van der Waals surface area (Å²) in [5.41, 5.74) is 12.8. The first-order chi connectivity index (χ1) is 52.6. The lowest BCUT2D eigenvalue weighted by Crippen LogP contribution is -2.20. The number of hydrogen-bond acceptors (Lipinski definition) is 2. The van der Waals surface area contributed by atoms with Crippen LogP contribution in [0.3, 0.4) is 0 Å². The molecular formula is C100H90F6N6. The van der Waals surface area contributed by atoms with E-state index in [-0.39, 0.29) is 60.5 Å². The van der Waals surface area contributed by atoms with E-state index in [0.717, 1.165) is 133 Å². The zero-order chi connectivity index (χ0) is 79.8. The molecule has 0 bridgehead atoms. The summed E-state index contributed by atoms with van der Waals surface area (Å²) in [5.74, 6) is 0. The smallest absolute Gasteiger partial charge is 0.308 e. The highest BCUT2D eigenvalue weighted by molar-refractivity contribution is 6.15. The number of hydrogen-bond donors (Lipinski definition) is 0. The lowest BCUT2D eigenvalue weighted by molar-refractivity contribution is -0.137. The molecule has 0 fully saturated rings. The monoisotopic (exact) mass is 1490 g/mol. The summed E-state index contributed by atoms with van der Waals surface area (Å²) in [6.07, 6.45) is -8.93. The van der Waals surface area contributed by atoms with Gasteiger partial charge in [0.15, 0.2) is 0 Å². The van der Waals surface area contributed by atoms with Gasteiger partial charge < -0.3 is 18.3 Å². The molecule has 0 radical (unpaired) electrons. The van der Waals surface area contributed by atoms with Crippen LogP contribution in [-0.4, -0.2) is 18.3 Å². The minimum absolute atomic E-state index is 0.0477. The van der Waals surface area contributed by atoms with E-state index < -0.39 is 28.9 Å². The first-order valence-corrected chi connectivity index (χ1v) is 38.4. The number of benzene rings is 12. The molecule has 0 N–H and O–H groups in total. The van der Waals surface area contributed by atoms with E-state index in [1.165, 1.54) is 24.3 Å². The molecule has 112 heavy (non-hydrogen) atoms. The molecule has 0 amide bonds. The average Bonchev–Trinajstić information content (AvgIpc) is 1.55. The minimum Gasteiger partial charge on any atom is -0.308 e. The zero-order valence-corrected chi connectivity index (χ0v) is 66.5. The van der Waals surface area contributed by atoms with Crippen LogP contribution < -0.4 is 0 Å². The van der Waals surface area contributed by atoms with Crippen LogP contribution in [0.4, 0.5) is 26.3 Å². The van der Waals surface area contributed by atoms with Crippen molar-refractivity contribution in [3.8, 4) is 57.1 Å². The molecule has 12 aromatic carbocycles. The molecule has 0 aliphatic carbocycles. The van der Waals surface area contributed by atoms with E-state index in [9.17, 15) is 10.5 Å². The summed E-state index contributed by atoms with van der Waals surface area (Å²) in [7, 11) is 0. The van der Waals surface area contributed by atoms with Crippen molar-refractivity contribution in [3.05, 3.63) is 286 Å². The molecule has 0 aliphatic rings. The maximum atomic E-state index is 15.6. The summed E-state index contributed by atoms with van der Waals surface area (Å²) in [5, 5.41) is 31.6. The molecule has 0 spiro atoms. The van der Waals surface area contributed by atoms with Crippen molar-refractivity contribution < 1.29 is 26.3 Å². The minimum atomic E-state index is -4.74. The molecule has 4 aromatic heterocycles. The van der Waals surface area contributed by atoms with E-state index >= 15 is 26.3 Å². The Bertz CT molecular complexity index is 6630. The van der Waals surface area contributed by atoms with Gasteiger partial charge in [0.2, 0.25) is 0 Å². The quantitative estimate of drug-likeness (QED) is 0.135. The SMILES string of the molecule is CC(C)(C)c1ccc2c(c1)c1ccccc1n2-c1ccc(-c2ccccc2C(F)(F)F)c(-n2c3ccc(CC(C)(C)c4ccc5c(c4)c4cc(C(C)(C)C)ccc4n5-c4ccc(-c5ccccc5C(F)(F)F)c(-n5c6ccc(C(C)(C)C)cc6c6cc(C(C)(C)C)ccc65)c4C#N)cc3c3cc(C(C)(C)C)ccc32)c1C#N. The van der Waals surface area contributed by atoms with Crippen LogP contribution in [0.1, 0.15) is 179 Å². The second-order valence-corrected chi connectivity index (χ2v) is 36.4. The van der Waals surface area contributed by atoms with Gasteiger partial charge in [0.1, 0.15) is 23.3 Å². The number of nitriles is 2. The van der Waals surface area contributed by atoms with Crippen molar-refractivity contribution >= 4 is 87.2 Å². The van der Waals surface area contributed by atoms with Crippen LogP contribution >= 0.6 is 0 Å². The number of para-hydroxylation sites is 1. The van der Waals surface area contributed by atoms with Gasteiger partial charge in [-0.2, -0.15) is 36.9 Å². The Labute approximate surface area is 650 Å². The topological polar surface area (TPSA) is 67.3 Å². The van der Waals surface area contributed by atoms with Crippen LogP contribution in [0.2, 0.25) is 0 Å². The summed E-state index contributed by atoms with van der Waals surface area (Å²) < 4.78 is 102. The molecule has 0 saturated heterocycles. The third-order valence-corrected chi connectivity index (χ3v) is 23.3.